The Labute approximate surface area is 182 Å². The van der Waals surface area contributed by atoms with Crippen molar-refractivity contribution < 1.29 is 18.6 Å². The van der Waals surface area contributed by atoms with Gasteiger partial charge in [0.05, 0.1) is 19.3 Å². The first-order valence-corrected chi connectivity index (χ1v) is 10.8. The summed E-state index contributed by atoms with van der Waals surface area (Å²) in [4.78, 5) is 0. The lowest BCUT2D eigenvalue weighted by Gasteiger charge is -2.38. The van der Waals surface area contributed by atoms with E-state index in [2.05, 4.69) is 6.07 Å². The summed E-state index contributed by atoms with van der Waals surface area (Å²) in [7, 11) is 0. The van der Waals surface area contributed by atoms with Gasteiger partial charge in [0.15, 0.2) is 11.5 Å². The van der Waals surface area contributed by atoms with Crippen LogP contribution in [0.25, 0.3) is 0 Å². The Morgan fingerprint density at radius 1 is 1.00 bits per heavy atom. The molecule has 2 aromatic carbocycles. The molecule has 160 valence electrons. The molecule has 0 N–H and O–H groups in total. The van der Waals surface area contributed by atoms with Crippen LogP contribution < -0.4 is 14.2 Å². The third-order valence-electron chi connectivity index (χ3n) is 5.58. The Bertz CT molecular complexity index is 1100. The van der Waals surface area contributed by atoms with E-state index in [0.29, 0.717) is 13.2 Å². The second kappa shape index (κ2) is 8.02. The molecule has 6 heteroatoms. The highest BCUT2D eigenvalue weighted by Crippen LogP contribution is 2.50. The van der Waals surface area contributed by atoms with Gasteiger partial charge in [-0.1, -0.05) is 12.1 Å². The van der Waals surface area contributed by atoms with Crippen LogP contribution in [0.15, 0.2) is 64.1 Å². The topological polar surface area (TPSA) is 56.4 Å². The smallest absolute Gasteiger partial charge is 0.214 e. The Hall–Kier alpha value is -3.41. The highest BCUT2D eigenvalue weighted by molar-refractivity contribution is 5.99. The molecule has 0 radical (unpaired) electrons. The molecule has 2 atom stereocenters. The van der Waals surface area contributed by atoms with Crippen molar-refractivity contribution in [1.29, 1.82) is 0 Å². The van der Waals surface area contributed by atoms with Crippen molar-refractivity contribution in [2.24, 2.45) is 5.10 Å². The van der Waals surface area contributed by atoms with Gasteiger partial charge in [0.2, 0.25) is 6.23 Å². The number of benzene rings is 2. The number of rotatable bonds is 6. The molecule has 31 heavy (non-hydrogen) atoms. The monoisotopic (exact) mass is 418 g/mol. The SMILES string of the molecule is CCOc1ccc([C@@H]2Oc3c(OCC)cccc3[C@@H]3CC(c4ccc(C)o4)=NN32)cc1. The van der Waals surface area contributed by atoms with Crippen LogP contribution in [-0.2, 0) is 0 Å². The van der Waals surface area contributed by atoms with Crippen molar-refractivity contribution in [2.45, 2.75) is 39.5 Å². The molecule has 1 aromatic heterocycles. The summed E-state index contributed by atoms with van der Waals surface area (Å²) in [6, 6.07) is 18.1. The zero-order chi connectivity index (χ0) is 21.4. The molecule has 0 fully saturated rings. The molecule has 5 rings (SSSR count). The lowest BCUT2D eigenvalue weighted by Crippen LogP contribution is -2.33. The molecule has 0 saturated heterocycles. The van der Waals surface area contributed by atoms with Crippen molar-refractivity contribution >= 4 is 5.71 Å². The molecule has 2 aliphatic heterocycles. The molecule has 3 heterocycles. The molecule has 2 aliphatic rings. The first-order valence-electron chi connectivity index (χ1n) is 10.8. The third-order valence-corrected chi connectivity index (χ3v) is 5.58. The molecular weight excluding hydrogens is 392 g/mol. The molecule has 0 saturated carbocycles. The zero-order valence-electron chi connectivity index (χ0n) is 18.0. The molecule has 0 unspecified atom stereocenters. The van der Waals surface area contributed by atoms with E-state index >= 15 is 0 Å². The first-order chi connectivity index (χ1) is 15.2. The Morgan fingerprint density at radius 2 is 1.81 bits per heavy atom. The first kappa shape index (κ1) is 19.5. The van der Waals surface area contributed by atoms with Gasteiger partial charge in [-0.15, -0.1) is 0 Å². The van der Waals surface area contributed by atoms with E-state index in [1.165, 1.54) is 0 Å². The van der Waals surface area contributed by atoms with Gasteiger partial charge in [-0.25, -0.2) is 5.01 Å². The van der Waals surface area contributed by atoms with Gasteiger partial charge >= 0.3 is 0 Å². The van der Waals surface area contributed by atoms with Gasteiger partial charge in [-0.3, -0.25) is 0 Å². The van der Waals surface area contributed by atoms with Crippen LogP contribution >= 0.6 is 0 Å². The number of aryl methyl sites for hydroxylation is 1. The summed E-state index contributed by atoms with van der Waals surface area (Å²) in [6.45, 7) is 7.12. The fourth-order valence-electron chi connectivity index (χ4n) is 4.21. The molecule has 0 spiro atoms. The summed E-state index contributed by atoms with van der Waals surface area (Å²) in [5.74, 6) is 4.07. The molecular formula is C25H26N2O4. The molecule has 3 aromatic rings. The van der Waals surface area contributed by atoms with Crippen molar-refractivity contribution in [3.63, 3.8) is 0 Å². The normalized spacial score (nSPS) is 19.3. The Balaban J connectivity index is 1.57. The summed E-state index contributed by atoms with van der Waals surface area (Å²) >= 11 is 0. The van der Waals surface area contributed by atoms with Crippen LogP contribution in [0.5, 0.6) is 17.2 Å². The quantitative estimate of drug-likeness (QED) is 0.519. The fourth-order valence-corrected chi connectivity index (χ4v) is 4.21. The van der Waals surface area contributed by atoms with Crippen LogP contribution in [0.4, 0.5) is 0 Å². The fraction of sp³-hybridized carbons (Fsp3) is 0.320. The van der Waals surface area contributed by atoms with E-state index in [9.17, 15) is 0 Å². The highest BCUT2D eigenvalue weighted by atomic mass is 16.5. The van der Waals surface area contributed by atoms with Crippen LogP contribution in [0.2, 0.25) is 0 Å². The van der Waals surface area contributed by atoms with Crippen LogP contribution in [0.1, 0.15) is 55.2 Å². The summed E-state index contributed by atoms with van der Waals surface area (Å²) in [5.41, 5.74) is 3.01. The standard InChI is InChI=1S/C25H26N2O4/c1-4-28-18-12-10-17(11-13-18)25-27-21(15-20(26-27)22-14-9-16(3)30-22)19-7-6-8-23(29-5-2)24(19)31-25/h6-14,21,25H,4-5,15H2,1-3H3/t21-,25-/m0/s1. The van der Waals surface area contributed by atoms with Crippen molar-refractivity contribution in [3.8, 4) is 17.2 Å². The van der Waals surface area contributed by atoms with Crippen LogP contribution in [0, 0.1) is 6.92 Å². The number of hydrogen-bond donors (Lipinski definition) is 0. The lowest BCUT2D eigenvalue weighted by molar-refractivity contribution is -0.0212. The van der Waals surface area contributed by atoms with E-state index in [4.69, 9.17) is 23.7 Å². The Morgan fingerprint density at radius 3 is 2.52 bits per heavy atom. The minimum atomic E-state index is -0.372. The maximum atomic E-state index is 6.53. The second-order valence-corrected chi connectivity index (χ2v) is 7.64. The van der Waals surface area contributed by atoms with Crippen molar-refractivity contribution in [1.82, 2.24) is 5.01 Å². The van der Waals surface area contributed by atoms with Gasteiger partial charge in [0.1, 0.15) is 23.0 Å². The minimum absolute atomic E-state index is 0.0427. The predicted octanol–water partition coefficient (Wildman–Crippen LogP) is 5.63. The summed E-state index contributed by atoms with van der Waals surface area (Å²) in [6.07, 6.45) is 0.371. The molecule has 0 amide bonds. The van der Waals surface area contributed by atoms with E-state index in [1.807, 2.05) is 74.3 Å². The molecule has 0 aliphatic carbocycles. The van der Waals surface area contributed by atoms with Gasteiger partial charge in [0, 0.05) is 17.5 Å². The van der Waals surface area contributed by atoms with E-state index in [0.717, 1.165) is 52.0 Å². The van der Waals surface area contributed by atoms with E-state index in [-0.39, 0.29) is 12.3 Å². The van der Waals surface area contributed by atoms with Crippen LogP contribution in [-0.4, -0.2) is 23.9 Å². The maximum absolute atomic E-state index is 6.53. The van der Waals surface area contributed by atoms with Gasteiger partial charge in [-0.2, -0.15) is 5.10 Å². The summed E-state index contributed by atoms with van der Waals surface area (Å²) in [5, 5.41) is 6.99. The number of ether oxygens (including phenoxy) is 3. The van der Waals surface area contributed by atoms with Crippen LogP contribution in [0.3, 0.4) is 0 Å². The molecule has 0 bridgehead atoms. The number of para-hydroxylation sites is 1. The average molecular weight is 418 g/mol. The third kappa shape index (κ3) is 3.52. The predicted molar refractivity (Wildman–Crippen MR) is 118 cm³/mol. The van der Waals surface area contributed by atoms with Crippen molar-refractivity contribution in [3.05, 3.63) is 77.2 Å². The van der Waals surface area contributed by atoms with E-state index in [1.54, 1.807) is 0 Å². The van der Waals surface area contributed by atoms with Crippen molar-refractivity contribution in [2.75, 3.05) is 13.2 Å². The molecule has 6 nitrogen and oxygen atoms in total. The number of hydrazone groups is 1. The number of fused-ring (bicyclic) bond motifs is 3. The number of hydrogen-bond acceptors (Lipinski definition) is 6. The summed E-state index contributed by atoms with van der Waals surface area (Å²) < 4.78 is 23.9. The van der Waals surface area contributed by atoms with Gasteiger partial charge in [-0.05, 0) is 63.2 Å². The second-order valence-electron chi connectivity index (χ2n) is 7.64. The van der Waals surface area contributed by atoms with Gasteiger partial charge < -0.3 is 18.6 Å². The number of nitrogens with zero attached hydrogens (tertiary/aromatic N) is 2. The van der Waals surface area contributed by atoms with Gasteiger partial charge in [0.25, 0.3) is 0 Å². The highest BCUT2D eigenvalue weighted by Gasteiger charge is 2.42. The minimum Gasteiger partial charge on any atom is -0.494 e. The maximum Gasteiger partial charge on any atom is 0.214 e. The zero-order valence-corrected chi connectivity index (χ0v) is 18.0. The average Bonchev–Trinajstić information content (AvgIpc) is 3.41. The van der Waals surface area contributed by atoms with E-state index < -0.39 is 0 Å². The Kier molecular flexibility index (Phi) is 5.06. The number of furan rings is 1. The lowest BCUT2D eigenvalue weighted by atomic mass is 9.97. The largest absolute Gasteiger partial charge is 0.494 e.